The van der Waals surface area contributed by atoms with E-state index in [9.17, 15) is 27.6 Å². The number of carbonyl (C=O) groups is 4. The van der Waals surface area contributed by atoms with E-state index in [0.717, 1.165) is 36.8 Å². The minimum absolute atomic E-state index is 0.00678. The van der Waals surface area contributed by atoms with Gasteiger partial charge in [-0.15, -0.1) is 0 Å². The quantitative estimate of drug-likeness (QED) is 0.266. The zero-order valence-corrected chi connectivity index (χ0v) is 34.9. The van der Waals surface area contributed by atoms with E-state index in [1.807, 2.05) is 73.7 Å². The van der Waals surface area contributed by atoms with Crippen LogP contribution in [0.5, 0.6) is 11.5 Å². The minimum Gasteiger partial charge on any atom is -0.496 e. The summed E-state index contributed by atoms with van der Waals surface area (Å²) < 4.78 is 46.5. The molecule has 5 bridgehead atoms. The van der Waals surface area contributed by atoms with E-state index in [1.165, 1.54) is 4.90 Å². The average molecular weight is 840 g/mol. The van der Waals surface area contributed by atoms with Gasteiger partial charge in [0.1, 0.15) is 35.2 Å². The van der Waals surface area contributed by atoms with Crippen molar-refractivity contribution in [3.05, 3.63) is 72.3 Å². The number of nitrogens with one attached hydrogen (secondary N) is 3. The van der Waals surface area contributed by atoms with Crippen molar-refractivity contribution in [2.24, 2.45) is 11.8 Å². The number of sulfonamides is 1. The lowest BCUT2D eigenvalue weighted by molar-refractivity contribution is -0.141. The summed E-state index contributed by atoms with van der Waals surface area (Å²) in [7, 11) is -2.30. The molecule has 3 aliphatic heterocycles. The van der Waals surface area contributed by atoms with Gasteiger partial charge in [-0.2, -0.15) is 0 Å². The van der Waals surface area contributed by atoms with E-state index < -0.39 is 68.7 Å². The summed E-state index contributed by atoms with van der Waals surface area (Å²) in [6.45, 7) is 2.14. The van der Waals surface area contributed by atoms with Crippen LogP contribution in [-0.2, 0) is 29.1 Å². The van der Waals surface area contributed by atoms with Crippen molar-refractivity contribution in [2.45, 2.75) is 107 Å². The Balaban J connectivity index is 1.19. The van der Waals surface area contributed by atoms with Crippen LogP contribution in [0.3, 0.4) is 0 Å². The molecule has 2 saturated carbocycles. The molecule has 4 heterocycles. The molecule has 1 saturated heterocycles. The molecule has 0 unspecified atom stereocenters. The van der Waals surface area contributed by atoms with Crippen molar-refractivity contribution in [3.63, 3.8) is 0 Å². The second kappa shape index (κ2) is 17.3. The SMILES string of the molecule is COc1cc2nc(-c3ccccc3)cc3c2cc1/C=C/CC[C@H](C)COC(=O)N[C@H]1CCCCC/C=C\[C@H]2C[C@@]2(C(=O)NS(=O)(=O)C2CC2)NC(=O)[C@@H]2C[C@H](CN2C1=O)O3. The van der Waals surface area contributed by atoms with Crippen molar-refractivity contribution < 1.29 is 41.8 Å². The van der Waals surface area contributed by atoms with Crippen LogP contribution in [0.25, 0.3) is 28.2 Å². The second-order valence-electron chi connectivity index (χ2n) is 16.9. The topological polar surface area (TPSA) is 182 Å². The Morgan fingerprint density at radius 1 is 1.00 bits per heavy atom. The lowest BCUT2D eigenvalue weighted by Gasteiger charge is -2.29. The number of hydrogen-bond acceptors (Lipinski definition) is 10. The zero-order chi connectivity index (χ0) is 42.0. The van der Waals surface area contributed by atoms with Crippen LogP contribution in [0, 0.1) is 11.8 Å². The summed E-state index contributed by atoms with van der Waals surface area (Å²) in [5.41, 5.74) is 1.44. The summed E-state index contributed by atoms with van der Waals surface area (Å²) in [5.74, 6) is -1.16. The molecule has 3 aromatic rings. The highest BCUT2D eigenvalue weighted by atomic mass is 32.2. The number of benzene rings is 2. The number of methoxy groups -OCH3 is 1. The third-order valence-corrected chi connectivity index (χ3v) is 14.1. The molecule has 0 spiro atoms. The predicted octanol–water partition coefficient (Wildman–Crippen LogP) is 5.80. The van der Waals surface area contributed by atoms with Gasteiger partial charge in [0.15, 0.2) is 0 Å². The van der Waals surface area contributed by atoms with Gasteiger partial charge in [0, 0.05) is 41.0 Å². The fourth-order valence-corrected chi connectivity index (χ4v) is 9.87. The van der Waals surface area contributed by atoms with Crippen molar-refractivity contribution in [1.29, 1.82) is 0 Å². The third-order valence-electron chi connectivity index (χ3n) is 12.2. The number of pyridine rings is 1. The van der Waals surface area contributed by atoms with Gasteiger partial charge in [0.2, 0.25) is 21.8 Å². The molecular formula is C45H53N5O9S. The Morgan fingerprint density at radius 2 is 1.82 bits per heavy atom. The van der Waals surface area contributed by atoms with Gasteiger partial charge in [-0.3, -0.25) is 19.1 Å². The van der Waals surface area contributed by atoms with Crippen LogP contribution in [0.15, 0.2) is 66.8 Å². The first-order chi connectivity index (χ1) is 28.9. The number of rotatable bonds is 5. The largest absolute Gasteiger partial charge is 0.496 e. The summed E-state index contributed by atoms with van der Waals surface area (Å²) in [5, 5.41) is 5.82. The number of ether oxygens (including phenoxy) is 3. The van der Waals surface area contributed by atoms with Crippen molar-refractivity contribution in [2.75, 3.05) is 20.3 Å². The molecule has 318 valence electrons. The number of nitrogens with zero attached hydrogens (tertiary/aromatic N) is 2. The molecule has 15 heteroatoms. The van der Waals surface area contributed by atoms with Crippen LogP contribution in [0.4, 0.5) is 4.79 Å². The van der Waals surface area contributed by atoms with Gasteiger partial charge >= 0.3 is 6.09 Å². The number of carbonyl (C=O) groups excluding carboxylic acids is 4. The molecule has 8 rings (SSSR count). The molecular weight excluding hydrogens is 787 g/mol. The summed E-state index contributed by atoms with van der Waals surface area (Å²) in [6, 6.07) is 13.3. The predicted molar refractivity (Wildman–Crippen MR) is 225 cm³/mol. The van der Waals surface area contributed by atoms with Crippen LogP contribution in [-0.4, -0.2) is 91.4 Å². The third kappa shape index (κ3) is 9.01. The Hall–Kier alpha value is -5.44. The first-order valence-electron chi connectivity index (χ1n) is 21.1. The van der Waals surface area contributed by atoms with Gasteiger partial charge in [-0.25, -0.2) is 18.2 Å². The highest BCUT2D eigenvalue weighted by Gasteiger charge is 2.62. The molecule has 2 aliphatic carbocycles. The molecule has 3 N–H and O–H groups in total. The molecule has 6 atom stereocenters. The number of alkyl carbamates (subject to hydrolysis) is 1. The van der Waals surface area contributed by atoms with Gasteiger partial charge in [0.25, 0.3) is 5.91 Å². The number of cyclic esters (lactones) is 1. The molecule has 1 aromatic heterocycles. The first kappa shape index (κ1) is 41.3. The van der Waals surface area contributed by atoms with Crippen LogP contribution >= 0.6 is 0 Å². The Labute approximate surface area is 350 Å². The van der Waals surface area contributed by atoms with Crippen LogP contribution in [0.2, 0.25) is 0 Å². The van der Waals surface area contributed by atoms with Gasteiger partial charge in [0.05, 0.1) is 36.7 Å². The van der Waals surface area contributed by atoms with E-state index >= 15 is 0 Å². The normalized spacial score (nSPS) is 28.9. The van der Waals surface area contributed by atoms with E-state index in [0.29, 0.717) is 60.2 Å². The van der Waals surface area contributed by atoms with Crippen LogP contribution < -0.4 is 24.8 Å². The summed E-state index contributed by atoms with van der Waals surface area (Å²) >= 11 is 0. The minimum atomic E-state index is -3.91. The zero-order valence-electron chi connectivity index (χ0n) is 34.1. The molecule has 0 radical (unpaired) electrons. The highest BCUT2D eigenvalue weighted by molar-refractivity contribution is 7.91. The van der Waals surface area contributed by atoms with E-state index in [-0.39, 0.29) is 31.9 Å². The fourth-order valence-electron chi connectivity index (χ4n) is 8.50. The maximum atomic E-state index is 14.8. The molecule has 60 heavy (non-hydrogen) atoms. The molecule has 4 amide bonds. The fraction of sp³-hybridized carbons (Fsp3) is 0.489. The Bertz CT molecular complexity index is 2310. The summed E-state index contributed by atoms with van der Waals surface area (Å²) in [6.07, 6.45) is 12.3. The standard InChI is InChI=1S/C45H53N5O9S/c1-28-13-11-12-16-30-21-34-37(24-39(30)57-2)46-36(29-14-7-6-8-15-29)23-40(34)59-32-22-38-41(51)48-45(43(53)49-60(55,56)33-19-20-33)25-31(45)17-9-4-3-5-10-18-35(42(52)50(38)26-32)47-44(54)58-27-28/h6-9,12,14-17,21,23-24,28,31-33,35,38H,3-5,10-11,13,18-20,22,25-27H2,1-2H3,(H,47,54)(H,48,51)(H,49,53)/b16-12+,17-9-/t28-,31-,32+,35-,38-,45+/m0/s1. The van der Waals surface area contributed by atoms with Crippen molar-refractivity contribution in [3.8, 4) is 22.8 Å². The molecule has 2 aromatic carbocycles. The van der Waals surface area contributed by atoms with Gasteiger partial charge in [-0.1, -0.05) is 74.4 Å². The van der Waals surface area contributed by atoms with Crippen molar-refractivity contribution in [1.82, 2.24) is 25.2 Å². The Morgan fingerprint density at radius 3 is 2.60 bits per heavy atom. The number of amides is 4. The maximum Gasteiger partial charge on any atom is 0.407 e. The number of hydrogen-bond donors (Lipinski definition) is 3. The van der Waals surface area contributed by atoms with Crippen LogP contribution in [0.1, 0.15) is 83.1 Å². The maximum absolute atomic E-state index is 14.8. The molecule has 14 nitrogen and oxygen atoms in total. The molecule has 5 aliphatic rings. The van der Waals surface area contributed by atoms with E-state index in [4.69, 9.17) is 19.2 Å². The Kier molecular flexibility index (Phi) is 11.9. The number of fused-ring (bicyclic) bond motifs is 4. The lowest BCUT2D eigenvalue weighted by atomic mass is 10.0. The van der Waals surface area contributed by atoms with Gasteiger partial charge in [-0.05, 0) is 63.4 Å². The van der Waals surface area contributed by atoms with Crippen molar-refractivity contribution >= 4 is 50.8 Å². The number of aromatic nitrogens is 1. The molecule has 3 fully saturated rings. The van der Waals surface area contributed by atoms with Gasteiger partial charge < -0.3 is 29.7 Å². The lowest BCUT2D eigenvalue weighted by Crippen LogP contribution is -2.58. The first-order valence-corrected chi connectivity index (χ1v) is 22.7. The average Bonchev–Trinajstić information content (AvgIpc) is 4.17. The highest BCUT2D eigenvalue weighted by Crippen LogP contribution is 2.46. The van der Waals surface area contributed by atoms with E-state index in [2.05, 4.69) is 21.4 Å². The smallest absolute Gasteiger partial charge is 0.407 e. The van der Waals surface area contributed by atoms with E-state index in [1.54, 1.807) is 7.11 Å². The monoisotopic (exact) mass is 839 g/mol. The second-order valence-corrected chi connectivity index (χ2v) is 18.8. The number of allylic oxidation sites excluding steroid dienone is 2. The summed E-state index contributed by atoms with van der Waals surface area (Å²) in [4.78, 5) is 63.0.